The van der Waals surface area contributed by atoms with Crippen LogP contribution in [0.5, 0.6) is 0 Å². The van der Waals surface area contributed by atoms with Gasteiger partial charge < -0.3 is 14.6 Å². The predicted octanol–water partition coefficient (Wildman–Crippen LogP) is 1.97. The van der Waals surface area contributed by atoms with E-state index in [-0.39, 0.29) is 5.56 Å². The van der Waals surface area contributed by atoms with Crippen molar-refractivity contribution in [1.82, 2.24) is 14.5 Å². The summed E-state index contributed by atoms with van der Waals surface area (Å²) in [5.41, 5.74) is 0.597. The molecule has 1 N–H and O–H groups in total. The van der Waals surface area contributed by atoms with E-state index in [4.69, 9.17) is 0 Å². The Hall–Kier alpha value is -2.74. The Kier molecular flexibility index (Phi) is 4.80. The molecule has 132 valence electrons. The van der Waals surface area contributed by atoms with Crippen LogP contribution in [0.25, 0.3) is 10.9 Å². The average molecular weight is 343 g/mol. The fourth-order valence-electron chi connectivity index (χ4n) is 2.86. The van der Waals surface area contributed by atoms with E-state index in [1.807, 2.05) is 11.9 Å². The van der Waals surface area contributed by atoms with Gasteiger partial charge in [0, 0.05) is 31.2 Å². The molecule has 0 aliphatic carbocycles. The summed E-state index contributed by atoms with van der Waals surface area (Å²) in [4.78, 5) is 25.8. The van der Waals surface area contributed by atoms with Crippen LogP contribution in [0.3, 0.4) is 0 Å². The van der Waals surface area contributed by atoms with E-state index in [9.17, 15) is 14.7 Å². The van der Waals surface area contributed by atoms with E-state index in [0.717, 1.165) is 26.2 Å². The first-order chi connectivity index (χ1) is 12.0. The number of aryl methyl sites for hydroxylation is 1. The van der Waals surface area contributed by atoms with Crippen molar-refractivity contribution in [2.75, 3.05) is 33.2 Å². The molecule has 0 bridgehead atoms. The van der Waals surface area contributed by atoms with Crippen molar-refractivity contribution in [2.24, 2.45) is 10.3 Å². The molecular weight excluding hydrogens is 322 g/mol. The van der Waals surface area contributed by atoms with Crippen LogP contribution < -0.4 is 5.43 Å². The second-order valence-corrected chi connectivity index (χ2v) is 6.11. The van der Waals surface area contributed by atoms with E-state index < -0.39 is 11.4 Å². The second kappa shape index (κ2) is 7.02. The van der Waals surface area contributed by atoms with Crippen LogP contribution in [0.2, 0.25) is 0 Å². The predicted molar refractivity (Wildman–Crippen MR) is 94.4 cm³/mol. The number of carboxylic acids is 1. The molecule has 1 aromatic carbocycles. The molecule has 2 aromatic rings. The molecule has 0 amide bonds. The number of likely N-dealkylation sites (N-methyl/N-ethyl adjacent to an activating group) is 1. The summed E-state index contributed by atoms with van der Waals surface area (Å²) in [5, 5.41) is 20.0. The first kappa shape index (κ1) is 17.1. The zero-order chi connectivity index (χ0) is 18.0. The van der Waals surface area contributed by atoms with Crippen molar-refractivity contribution < 1.29 is 9.90 Å². The number of piperazine rings is 1. The third-order valence-electron chi connectivity index (χ3n) is 4.40. The lowest BCUT2D eigenvalue weighted by Gasteiger charge is -2.29. The highest BCUT2D eigenvalue weighted by Gasteiger charge is 2.15. The third-order valence-corrected chi connectivity index (χ3v) is 4.40. The Bertz CT molecular complexity index is 882. The van der Waals surface area contributed by atoms with Crippen LogP contribution in [0.15, 0.2) is 39.5 Å². The molecule has 1 aliphatic rings. The van der Waals surface area contributed by atoms with Gasteiger partial charge in [-0.15, -0.1) is 5.11 Å². The number of rotatable bonds is 4. The second-order valence-electron chi connectivity index (χ2n) is 6.11. The van der Waals surface area contributed by atoms with Gasteiger partial charge >= 0.3 is 5.97 Å². The van der Waals surface area contributed by atoms with Gasteiger partial charge in [0.25, 0.3) is 0 Å². The summed E-state index contributed by atoms with van der Waals surface area (Å²) in [7, 11) is 2.08. The van der Waals surface area contributed by atoms with E-state index in [1.165, 1.54) is 6.20 Å². The molecule has 2 heterocycles. The average Bonchev–Trinajstić information content (AvgIpc) is 2.61. The van der Waals surface area contributed by atoms with Crippen molar-refractivity contribution in [3.05, 3.63) is 40.2 Å². The summed E-state index contributed by atoms with van der Waals surface area (Å²) in [6.07, 6.45) is 1.38. The number of aromatic nitrogens is 1. The van der Waals surface area contributed by atoms with Gasteiger partial charge in [0.1, 0.15) is 5.56 Å². The molecule has 1 fully saturated rings. The fraction of sp³-hybridized carbons (Fsp3) is 0.412. The number of fused-ring (bicyclic) bond motifs is 1. The first-order valence-electron chi connectivity index (χ1n) is 8.25. The zero-order valence-electron chi connectivity index (χ0n) is 14.3. The third kappa shape index (κ3) is 3.53. The quantitative estimate of drug-likeness (QED) is 0.857. The number of hydrogen-bond donors (Lipinski definition) is 1. The van der Waals surface area contributed by atoms with E-state index in [1.54, 1.807) is 22.8 Å². The Morgan fingerprint density at radius 3 is 2.60 bits per heavy atom. The fourth-order valence-corrected chi connectivity index (χ4v) is 2.86. The molecule has 8 heteroatoms. The maximum Gasteiger partial charge on any atom is 0.341 e. The Morgan fingerprint density at radius 1 is 1.24 bits per heavy atom. The smallest absolute Gasteiger partial charge is 0.341 e. The maximum atomic E-state index is 12.3. The summed E-state index contributed by atoms with van der Waals surface area (Å²) in [6.45, 7) is 6.00. The molecule has 1 saturated heterocycles. The Morgan fingerprint density at radius 2 is 1.96 bits per heavy atom. The van der Waals surface area contributed by atoms with Crippen molar-refractivity contribution in [3.8, 4) is 0 Å². The van der Waals surface area contributed by atoms with E-state index >= 15 is 0 Å². The van der Waals surface area contributed by atoms with Crippen LogP contribution in [0.4, 0.5) is 5.69 Å². The number of hydrogen-bond acceptors (Lipinski definition) is 5. The molecule has 1 aromatic heterocycles. The minimum absolute atomic E-state index is 0.221. The van der Waals surface area contributed by atoms with Crippen LogP contribution >= 0.6 is 0 Å². The molecule has 0 unspecified atom stereocenters. The molecule has 0 saturated carbocycles. The number of benzene rings is 1. The summed E-state index contributed by atoms with van der Waals surface area (Å²) < 4.78 is 1.75. The van der Waals surface area contributed by atoms with Gasteiger partial charge in [-0.2, -0.15) is 0 Å². The molecule has 25 heavy (non-hydrogen) atoms. The van der Waals surface area contributed by atoms with Gasteiger partial charge in [0.15, 0.2) is 0 Å². The minimum atomic E-state index is -1.21. The molecule has 1 aliphatic heterocycles. The number of pyridine rings is 1. The molecule has 0 spiro atoms. The molecule has 3 rings (SSSR count). The summed E-state index contributed by atoms with van der Waals surface area (Å²) in [5.74, 6) is -1.21. The van der Waals surface area contributed by atoms with Gasteiger partial charge in [-0.1, -0.05) is 5.22 Å². The molecule has 0 radical (unpaired) electrons. The van der Waals surface area contributed by atoms with E-state index in [2.05, 4.69) is 22.3 Å². The number of nitrogens with zero attached hydrogens (tertiary/aromatic N) is 5. The topological polar surface area (TPSA) is 90.5 Å². The minimum Gasteiger partial charge on any atom is -0.477 e. The first-order valence-corrected chi connectivity index (χ1v) is 8.25. The van der Waals surface area contributed by atoms with Crippen molar-refractivity contribution >= 4 is 22.6 Å². The highest BCUT2D eigenvalue weighted by Crippen LogP contribution is 2.21. The Labute approximate surface area is 145 Å². The largest absolute Gasteiger partial charge is 0.477 e. The highest BCUT2D eigenvalue weighted by atomic mass is 16.4. The standard InChI is InChI=1S/C17H21N5O3/c1-3-21-11-14(17(24)25)16(23)13-5-4-12(10-15(13)21)18-19-22-8-6-20(2)7-9-22/h4-5,10-11H,3,6-9H2,1-2H3,(H,24,25). The van der Waals surface area contributed by atoms with Gasteiger partial charge in [0.2, 0.25) is 5.43 Å². The van der Waals surface area contributed by atoms with Crippen LogP contribution in [0.1, 0.15) is 17.3 Å². The van der Waals surface area contributed by atoms with Gasteiger partial charge in [-0.25, -0.2) is 4.79 Å². The lowest BCUT2D eigenvalue weighted by molar-refractivity contribution is 0.0695. The van der Waals surface area contributed by atoms with Crippen molar-refractivity contribution in [2.45, 2.75) is 13.5 Å². The maximum absolute atomic E-state index is 12.3. The molecule has 0 atom stereocenters. The van der Waals surface area contributed by atoms with Gasteiger partial charge in [-0.05, 0) is 32.2 Å². The van der Waals surface area contributed by atoms with E-state index in [0.29, 0.717) is 23.1 Å². The zero-order valence-corrected chi connectivity index (χ0v) is 14.3. The highest BCUT2D eigenvalue weighted by molar-refractivity contribution is 5.93. The number of carboxylic acid groups (broad SMARTS) is 1. The lowest BCUT2D eigenvalue weighted by Crippen LogP contribution is -2.41. The summed E-state index contributed by atoms with van der Waals surface area (Å²) in [6, 6.07) is 5.08. The lowest BCUT2D eigenvalue weighted by atomic mass is 10.1. The Balaban J connectivity index is 1.95. The van der Waals surface area contributed by atoms with Crippen LogP contribution in [-0.4, -0.2) is 58.8 Å². The van der Waals surface area contributed by atoms with Crippen molar-refractivity contribution in [1.29, 1.82) is 0 Å². The molecular formula is C17H21N5O3. The van der Waals surface area contributed by atoms with Crippen molar-refractivity contribution in [3.63, 3.8) is 0 Å². The van der Waals surface area contributed by atoms with Crippen LogP contribution in [0, 0.1) is 0 Å². The summed E-state index contributed by atoms with van der Waals surface area (Å²) >= 11 is 0. The number of aromatic carboxylic acids is 1. The SMILES string of the molecule is CCn1cc(C(=O)O)c(=O)c2ccc(N=NN3CCN(C)CC3)cc21. The van der Waals surface area contributed by atoms with Crippen LogP contribution in [-0.2, 0) is 6.54 Å². The number of carbonyl (C=O) groups is 1. The normalized spacial score (nSPS) is 16.0. The monoisotopic (exact) mass is 343 g/mol. The van der Waals surface area contributed by atoms with Gasteiger partial charge in [0.05, 0.1) is 24.3 Å². The van der Waals surface area contributed by atoms with Gasteiger partial charge in [-0.3, -0.25) is 9.80 Å². The molecule has 8 nitrogen and oxygen atoms in total.